The molecule has 0 bridgehead atoms. The number of aliphatic hydroxyl groups is 1. The normalized spacial score (nSPS) is 14.7. The zero-order valence-corrected chi connectivity index (χ0v) is 67.8. The number of allylic oxidation sites excluding steroid dienone is 26. The van der Waals surface area contributed by atoms with Gasteiger partial charge in [-0.2, -0.15) is 0 Å². The summed E-state index contributed by atoms with van der Waals surface area (Å²) in [4.78, 5) is 73.1. The van der Waals surface area contributed by atoms with Crippen molar-refractivity contribution in [3.63, 3.8) is 0 Å². The Morgan fingerprint density at radius 1 is 0.274 bits per heavy atom. The van der Waals surface area contributed by atoms with Gasteiger partial charge < -0.3 is 33.8 Å². The minimum atomic E-state index is -5.00. The molecule has 0 spiro atoms. The molecule has 0 aromatic carbocycles. The lowest BCUT2D eigenvalue weighted by Crippen LogP contribution is -2.30. The van der Waals surface area contributed by atoms with Crippen molar-refractivity contribution in [1.82, 2.24) is 0 Å². The predicted octanol–water partition coefficient (Wildman–Crippen LogP) is 24.0. The molecular formula is C87H144O17P2. The Balaban J connectivity index is 5.43. The summed E-state index contributed by atoms with van der Waals surface area (Å²) < 4.78 is 68.6. The van der Waals surface area contributed by atoms with E-state index in [2.05, 4.69) is 186 Å². The molecule has 0 aliphatic heterocycles. The van der Waals surface area contributed by atoms with E-state index in [4.69, 9.17) is 37.0 Å². The second-order valence-corrected chi connectivity index (χ2v) is 29.5. The SMILES string of the molecule is CC/C=C\C/C=C\C/C=C\C/C=C\CCCCCCCCC(=O)OCC(COP(=O)(O)OCC(O)COP(=O)(O)OCC(COC(=O)CCCC/C=C\C/C=C\C/C=C\C/C=C\CC)OC(=O)CCCCCCC/C=C\CCCCCC)OC(=O)CCCCCCCC/C=C\C/C=C\C/C=C\C/C=C\CC. The molecule has 604 valence electrons. The first-order valence-corrected chi connectivity index (χ1v) is 43.7. The van der Waals surface area contributed by atoms with E-state index in [1.165, 1.54) is 25.7 Å². The van der Waals surface area contributed by atoms with Crippen molar-refractivity contribution < 1.29 is 80.2 Å². The smallest absolute Gasteiger partial charge is 0.462 e. The number of ether oxygens (including phenoxy) is 4. The summed E-state index contributed by atoms with van der Waals surface area (Å²) >= 11 is 0. The lowest BCUT2D eigenvalue weighted by atomic mass is 10.1. The summed E-state index contributed by atoms with van der Waals surface area (Å²) in [5.41, 5.74) is 0. The molecule has 0 saturated heterocycles. The fourth-order valence-electron chi connectivity index (χ4n) is 10.4. The molecule has 0 fully saturated rings. The van der Waals surface area contributed by atoms with E-state index in [1.807, 2.05) is 0 Å². The first-order valence-electron chi connectivity index (χ1n) is 40.7. The highest BCUT2D eigenvalue weighted by Gasteiger charge is 2.30. The second-order valence-electron chi connectivity index (χ2n) is 26.6. The maximum Gasteiger partial charge on any atom is 0.472 e. The Morgan fingerprint density at radius 3 is 0.783 bits per heavy atom. The number of esters is 4. The zero-order chi connectivity index (χ0) is 77.4. The van der Waals surface area contributed by atoms with E-state index in [9.17, 15) is 43.2 Å². The third kappa shape index (κ3) is 76.9. The number of hydrogen-bond acceptors (Lipinski definition) is 15. The molecule has 0 aromatic heterocycles. The van der Waals surface area contributed by atoms with Gasteiger partial charge in [-0.25, -0.2) is 9.13 Å². The number of phosphoric acid groups is 2. The van der Waals surface area contributed by atoms with Gasteiger partial charge in [-0.15, -0.1) is 0 Å². The highest BCUT2D eigenvalue weighted by atomic mass is 31.2. The average Bonchev–Trinajstić information content (AvgIpc) is 0.903. The van der Waals surface area contributed by atoms with Crippen molar-refractivity contribution in [2.75, 3.05) is 39.6 Å². The van der Waals surface area contributed by atoms with Gasteiger partial charge in [-0.05, 0) is 167 Å². The van der Waals surface area contributed by atoms with E-state index < -0.39 is 97.5 Å². The maximum atomic E-state index is 13.1. The monoisotopic (exact) mass is 1520 g/mol. The molecule has 3 N–H and O–H groups in total. The summed E-state index contributed by atoms with van der Waals surface area (Å²) in [5.74, 6) is -2.27. The summed E-state index contributed by atoms with van der Waals surface area (Å²) in [6.45, 7) is 4.44. The molecule has 106 heavy (non-hydrogen) atoms. The standard InChI is InChI=1S/C87H144O17P2/c1-5-9-13-17-21-25-29-33-36-38-40-42-45-49-52-56-60-64-68-72-85(90)98-78-83(104-87(92)74-70-66-62-58-54-50-46-43-41-39-37-34-30-26-22-18-14-10-6-2)80-102-106(95,96)100-76-81(88)75-99-105(93,94)101-79-82(103-86(91)73-69-65-61-57-53-47-32-28-24-20-16-12-8-4)77-97-84(89)71-67-63-59-55-51-48-44-35-31-27-23-19-15-11-7-3/h9-11,13-15,21-23,25-28,32-37,40-44,51,55,81-83,88H,5-8,12,16-20,24,29-31,38-39,45-50,52-54,56-80H2,1-4H3,(H,93,94)(H,95,96)/b13-9-,14-10-,15-11-,25-21-,26-22-,27-23-,32-28-,36-33-,37-34-,42-40-,43-41-,44-35-,55-51-. The van der Waals surface area contributed by atoms with Gasteiger partial charge in [0, 0.05) is 25.7 Å². The quantitative estimate of drug-likeness (QED) is 0.0169. The van der Waals surface area contributed by atoms with Gasteiger partial charge in [0.05, 0.1) is 26.4 Å². The van der Waals surface area contributed by atoms with Crippen LogP contribution in [0.5, 0.6) is 0 Å². The minimum absolute atomic E-state index is 0.0692. The van der Waals surface area contributed by atoms with Crippen LogP contribution in [-0.2, 0) is 65.4 Å². The third-order valence-corrected chi connectivity index (χ3v) is 18.4. The third-order valence-electron chi connectivity index (χ3n) is 16.5. The van der Waals surface area contributed by atoms with E-state index in [0.29, 0.717) is 25.7 Å². The van der Waals surface area contributed by atoms with Gasteiger partial charge in [-0.3, -0.25) is 37.3 Å². The summed E-state index contributed by atoms with van der Waals surface area (Å²) in [5, 5.41) is 10.7. The van der Waals surface area contributed by atoms with Crippen molar-refractivity contribution in [3.8, 4) is 0 Å². The van der Waals surface area contributed by atoms with Crippen molar-refractivity contribution in [2.45, 2.75) is 329 Å². The highest BCUT2D eigenvalue weighted by Crippen LogP contribution is 2.45. The topological polar surface area (TPSA) is 237 Å². The van der Waals surface area contributed by atoms with E-state index >= 15 is 0 Å². The first kappa shape index (κ1) is 101. The fraction of sp³-hybridized carbons (Fsp3) is 0.655. The molecule has 5 atom stereocenters. The molecule has 0 aromatic rings. The first-order chi connectivity index (χ1) is 51.7. The van der Waals surface area contributed by atoms with Crippen LogP contribution in [0.15, 0.2) is 158 Å². The van der Waals surface area contributed by atoms with Crippen LogP contribution in [0.25, 0.3) is 0 Å². The van der Waals surface area contributed by atoms with Crippen LogP contribution in [0.2, 0.25) is 0 Å². The summed E-state index contributed by atoms with van der Waals surface area (Å²) in [6, 6.07) is 0. The van der Waals surface area contributed by atoms with Crippen molar-refractivity contribution in [2.24, 2.45) is 0 Å². The minimum Gasteiger partial charge on any atom is -0.462 e. The van der Waals surface area contributed by atoms with Crippen molar-refractivity contribution >= 4 is 39.5 Å². The van der Waals surface area contributed by atoms with Crippen LogP contribution in [0.3, 0.4) is 0 Å². The molecule has 0 amide bonds. The van der Waals surface area contributed by atoms with E-state index in [0.717, 1.165) is 205 Å². The van der Waals surface area contributed by atoms with E-state index in [-0.39, 0.29) is 25.7 Å². The number of phosphoric ester groups is 2. The lowest BCUT2D eigenvalue weighted by Gasteiger charge is -2.21. The van der Waals surface area contributed by atoms with Crippen LogP contribution < -0.4 is 0 Å². The molecule has 0 aliphatic carbocycles. The Kier molecular flexibility index (Phi) is 73.9. The van der Waals surface area contributed by atoms with Crippen LogP contribution in [0.4, 0.5) is 0 Å². The van der Waals surface area contributed by atoms with Crippen LogP contribution in [0.1, 0.15) is 310 Å². The van der Waals surface area contributed by atoms with Crippen molar-refractivity contribution in [3.05, 3.63) is 158 Å². The molecule has 0 radical (unpaired) electrons. The Morgan fingerprint density at radius 2 is 0.491 bits per heavy atom. The number of hydrogen-bond donors (Lipinski definition) is 3. The van der Waals surface area contributed by atoms with Gasteiger partial charge in [0.1, 0.15) is 19.3 Å². The molecule has 0 heterocycles. The van der Waals surface area contributed by atoms with Crippen LogP contribution in [-0.4, -0.2) is 96.7 Å². The van der Waals surface area contributed by atoms with Gasteiger partial charge >= 0.3 is 39.5 Å². The Labute approximate surface area is 642 Å². The highest BCUT2D eigenvalue weighted by molar-refractivity contribution is 7.47. The van der Waals surface area contributed by atoms with Crippen LogP contribution >= 0.6 is 15.6 Å². The molecule has 17 nitrogen and oxygen atoms in total. The molecule has 19 heteroatoms. The number of carbonyl (C=O) groups is 4. The lowest BCUT2D eigenvalue weighted by molar-refractivity contribution is -0.161. The van der Waals surface area contributed by atoms with Gasteiger partial charge in [-0.1, -0.05) is 276 Å². The largest absolute Gasteiger partial charge is 0.472 e. The number of unbranched alkanes of at least 4 members (excludes halogenated alkanes) is 23. The number of carbonyl (C=O) groups excluding carboxylic acids is 4. The summed E-state index contributed by atoms with van der Waals surface area (Å²) in [6.07, 6.45) is 90.7. The Hall–Kier alpha value is -5.32. The van der Waals surface area contributed by atoms with Crippen molar-refractivity contribution in [1.29, 1.82) is 0 Å². The number of rotatable bonds is 75. The van der Waals surface area contributed by atoms with Crippen LogP contribution in [0, 0.1) is 0 Å². The van der Waals surface area contributed by atoms with E-state index in [1.54, 1.807) is 0 Å². The molecule has 0 rings (SSSR count). The summed E-state index contributed by atoms with van der Waals surface area (Å²) in [7, 11) is -9.99. The van der Waals surface area contributed by atoms with Gasteiger partial charge in [0.2, 0.25) is 0 Å². The average molecular weight is 1520 g/mol. The molecular weight excluding hydrogens is 1380 g/mol. The molecule has 0 saturated carbocycles. The maximum absolute atomic E-state index is 13.1. The predicted molar refractivity (Wildman–Crippen MR) is 436 cm³/mol. The van der Waals surface area contributed by atoms with Gasteiger partial charge in [0.25, 0.3) is 0 Å². The fourth-order valence-corrected chi connectivity index (χ4v) is 11.9. The number of aliphatic hydroxyl groups excluding tert-OH is 1. The second kappa shape index (κ2) is 77.8. The zero-order valence-electron chi connectivity index (χ0n) is 66.1. The molecule has 5 unspecified atom stereocenters. The van der Waals surface area contributed by atoms with Gasteiger partial charge in [0.15, 0.2) is 12.2 Å². The Bertz CT molecular complexity index is 2630. The molecule has 0 aliphatic rings.